The Labute approximate surface area is 155 Å². The van der Waals surface area contributed by atoms with Gasteiger partial charge in [-0.1, -0.05) is 18.2 Å². The van der Waals surface area contributed by atoms with Gasteiger partial charge in [-0.05, 0) is 19.1 Å². The summed E-state index contributed by atoms with van der Waals surface area (Å²) in [4.78, 5) is 18.7. The fourth-order valence-corrected chi connectivity index (χ4v) is 4.00. The predicted molar refractivity (Wildman–Crippen MR) is 101 cm³/mol. The number of aromatic nitrogens is 3. The number of carbonyl (C=O) groups is 1. The number of fused-ring (bicyclic) bond motifs is 1. The lowest BCUT2D eigenvalue weighted by molar-refractivity contribution is -0.127. The molecule has 26 heavy (non-hydrogen) atoms. The fraction of sp³-hybridized carbons (Fsp3) is 0.316. The van der Waals surface area contributed by atoms with Crippen LogP contribution in [0.3, 0.4) is 0 Å². The molecule has 3 heterocycles. The number of thioether (sulfide) groups is 1. The fourth-order valence-electron chi connectivity index (χ4n) is 3.07. The van der Waals surface area contributed by atoms with Crippen molar-refractivity contribution in [3.8, 4) is 5.88 Å². The zero-order chi connectivity index (χ0) is 17.9. The third-order valence-corrected chi connectivity index (χ3v) is 5.50. The van der Waals surface area contributed by atoms with Crippen LogP contribution in [0.25, 0.3) is 10.9 Å². The molecule has 1 aliphatic rings. The summed E-state index contributed by atoms with van der Waals surface area (Å²) < 4.78 is 5.84. The molecular formula is C19H20N4O2S. The van der Waals surface area contributed by atoms with Gasteiger partial charge in [0.15, 0.2) is 0 Å². The molecule has 3 aromatic rings. The van der Waals surface area contributed by atoms with E-state index in [0.29, 0.717) is 18.2 Å². The molecule has 0 aliphatic carbocycles. The van der Waals surface area contributed by atoms with Crippen LogP contribution >= 0.6 is 11.8 Å². The SMILES string of the molecule is Cc1ccc(OC2CCN(C(=O)CSc3c[nH]c4ccccc34)C2)nn1. The molecule has 1 fully saturated rings. The highest BCUT2D eigenvalue weighted by Gasteiger charge is 2.28. The first kappa shape index (κ1) is 16.9. The number of aromatic amines is 1. The number of aryl methyl sites for hydroxylation is 1. The molecule has 0 bridgehead atoms. The highest BCUT2D eigenvalue weighted by atomic mass is 32.2. The molecular weight excluding hydrogens is 348 g/mol. The third kappa shape index (κ3) is 3.67. The number of likely N-dealkylation sites (tertiary alicyclic amines) is 1. The monoisotopic (exact) mass is 368 g/mol. The lowest BCUT2D eigenvalue weighted by Gasteiger charge is -2.16. The summed E-state index contributed by atoms with van der Waals surface area (Å²) in [7, 11) is 0. The molecule has 1 saturated heterocycles. The second kappa shape index (κ2) is 7.37. The largest absolute Gasteiger partial charge is 0.471 e. The number of benzene rings is 1. The number of nitrogens with one attached hydrogen (secondary N) is 1. The normalized spacial score (nSPS) is 17.0. The smallest absolute Gasteiger partial charge is 0.233 e. The van der Waals surface area contributed by atoms with Gasteiger partial charge < -0.3 is 14.6 Å². The Hall–Kier alpha value is -2.54. The van der Waals surface area contributed by atoms with Gasteiger partial charge in [0.2, 0.25) is 11.8 Å². The highest BCUT2D eigenvalue weighted by Crippen LogP contribution is 2.28. The molecule has 6 nitrogen and oxygen atoms in total. The highest BCUT2D eigenvalue weighted by molar-refractivity contribution is 8.00. The van der Waals surface area contributed by atoms with Crippen LogP contribution in [0.4, 0.5) is 0 Å². The van der Waals surface area contributed by atoms with E-state index < -0.39 is 0 Å². The van der Waals surface area contributed by atoms with Crippen LogP contribution < -0.4 is 4.74 Å². The van der Waals surface area contributed by atoms with Gasteiger partial charge in [-0.3, -0.25) is 4.79 Å². The predicted octanol–water partition coefficient (Wildman–Crippen LogP) is 3.04. The first-order chi connectivity index (χ1) is 12.7. The van der Waals surface area contributed by atoms with Gasteiger partial charge in [0.05, 0.1) is 18.0 Å². The molecule has 7 heteroatoms. The van der Waals surface area contributed by atoms with Gasteiger partial charge >= 0.3 is 0 Å². The molecule has 4 rings (SSSR count). The summed E-state index contributed by atoms with van der Waals surface area (Å²) in [5, 5.41) is 9.18. The second-order valence-electron chi connectivity index (χ2n) is 6.37. The van der Waals surface area contributed by atoms with Crippen molar-refractivity contribution in [2.45, 2.75) is 24.3 Å². The number of para-hydroxylation sites is 1. The van der Waals surface area contributed by atoms with Crippen molar-refractivity contribution in [1.29, 1.82) is 0 Å². The van der Waals surface area contributed by atoms with Gasteiger partial charge in [-0.25, -0.2) is 0 Å². The molecule has 1 unspecified atom stereocenters. The van der Waals surface area contributed by atoms with Crippen molar-refractivity contribution < 1.29 is 9.53 Å². The van der Waals surface area contributed by atoms with E-state index in [0.717, 1.165) is 34.5 Å². The summed E-state index contributed by atoms with van der Waals surface area (Å²) in [6, 6.07) is 11.8. The van der Waals surface area contributed by atoms with Crippen molar-refractivity contribution in [2.24, 2.45) is 0 Å². The summed E-state index contributed by atoms with van der Waals surface area (Å²) >= 11 is 1.57. The van der Waals surface area contributed by atoms with Gasteiger partial charge in [-0.2, -0.15) is 5.10 Å². The molecule has 1 N–H and O–H groups in total. The minimum atomic E-state index is -0.0194. The maximum atomic E-state index is 12.5. The Bertz CT molecular complexity index is 909. The van der Waals surface area contributed by atoms with E-state index in [9.17, 15) is 4.79 Å². The first-order valence-corrected chi connectivity index (χ1v) is 9.61. The van der Waals surface area contributed by atoms with Crippen LogP contribution in [0.1, 0.15) is 12.1 Å². The second-order valence-corrected chi connectivity index (χ2v) is 7.39. The van der Waals surface area contributed by atoms with Crippen molar-refractivity contribution in [2.75, 3.05) is 18.8 Å². The van der Waals surface area contributed by atoms with E-state index in [1.807, 2.05) is 48.4 Å². The lowest BCUT2D eigenvalue weighted by Crippen LogP contribution is -2.32. The van der Waals surface area contributed by atoms with Gasteiger partial charge in [0.25, 0.3) is 0 Å². The summed E-state index contributed by atoms with van der Waals surface area (Å²) in [6.07, 6.45) is 2.77. The first-order valence-electron chi connectivity index (χ1n) is 8.63. The minimum Gasteiger partial charge on any atom is -0.471 e. The van der Waals surface area contributed by atoms with Crippen LogP contribution in [0.15, 0.2) is 47.5 Å². The topological polar surface area (TPSA) is 71.1 Å². The van der Waals surface area contributed by atoms with Crippen molar-refractivity contribution >= 4 is 28.6 Å². The molecule has 1 aromatic carbocycles. The number of ether oxygens (including phenoxy) is 1. The summed E-state index contributed by atoms with van der Waals surface area (Å²) in [6.45, 7) is 3.21. The van der Waals surface area contributed by atoms with Crippen LogP contribution in [0, 0.1) is 6.92 Å². The van der Waals surface area contributed by atoms with Gasteiger partial charge in [0.1, 0.15) is 6.10 Å². The van der Waals surface area contributed by atoms with E-state index in [1.54, 1.807) is 11.8 Å². The lowest BCUT2D eigenvalue weighted by atomic mass is 10.2. The Kier molecular flexibility index (Phi) is 4.79. The van der Waals surface area contributed by atoms with Crippen LogP contribution in [0.5, 0.6) is 5.88 Å². The average Bonchev–Trinajstić information content (AvgIpc) is 3.29. The Morgan fingerprint density at radius 1 is 1.31 bits per heavy atom. The van der Waals surface area contributed by atoms with Gasteiger partial charge in [-0.15, -0.1) is 16.9 Å². The number of hydrogen-bond donors (Lipinski definition) is 1. The van der Waals surface area contributed by atoms with E-state index in [4.69, 9.17) is 4.74 Å². The quantitative estimate of drug-likeness (QED) is 0.701. The Morgan fingerprint density at radius 2 is 2.19 bits per heavy atom. The Balaban J connectivity index is 1.31. The van der Waals surface area contributed by atoms with Crippen LogP contribution in [-0.4, -0.2) is 50.9 Å². The van der Waals surface area contributed by atoms with E-state index in [-0.39, 0.29) is 12.0 Å². The van der Waals surface area contributed by atoms with Crippen molar-refractivity contribution in [3.05, 3.63) is 48.3 Å². The van der Waals surface area contributed by atoms with E-state index in [2.05, 4.69) is 21.2 Å². The molecule has 1 atom stereocenters. The minimum absolute atomic E-state index is 0.0194. The van der Waals surface area contributed by atoms with Crippen LogP contribution in [-0.2, 0) is 4.79 Å². The number of rotatable bonds is 5. The molecule has 0 saturated carbocycles. The summed E-state index contributed by atoms with van der Waals surface area (Å²) in [5.74, 6) is 1.09. The van der Waals surface area contributed by atoms with Gasteiger partial charge in [0, 0.05) is 41.0 Å². The summed E-state index contributed by atoms with van der Waals surface area (Å²) in [5.41, 5.74) is 1.95. The molecule has 0 radical (unpaired) electrons. The maximum Gasteiger partial charge on any atom is 0.233 e. The number of H-pyrrole nitrogens is 1. The van der Waals surface area contributed by atoms with E-state index in [1.165, 1.54) is 0 Å². The maximum absolute atomic E-state index is 12.5. The standard InChI is InChI=1S/C19H20N4O2S/c1-13-6-7-18(22-21-13)25-14-8-9-23(11-14)19(24)12-26-17-10-20-16-5-3-2-4-15(16)17/h2-7,10,14,20H,8-9,11-12H2,1H3. The number of amides is 1. The average molecular weight is 368 g/mol. The number of nitrogens with zero attached hydrogens (tertiary/aromatic N) is 3. The molecule has 2 aromatic heterocycles. The Morgan fingerprint density at radius 3 is 3.04 bits per heavy atom. The van der Waals surface area contributed by atoms with Crippen LogP contribution in [0.2, 0.25) is 0 Å². The van der Waals surface area contributed by atoms with Crippen molar-refractivity contribution in [3.63, 3.8) is 0 Å². The molecule has 1 amide bonds. The zero-order valence-electron chi connectivity index (χ0n) is 14.5. The van der Waals surface area contributed by atoms with Crippen molar-refractivity contribution in [1.82, 2.24) is 20.1 Å². The third-order valence-electron chi connectivity index (χ3n) is 4.46. The van der Waals surface area contributed by atoms with E-state index >= 15 is 0 Å². The zero-order valence-corrected chi connectivity index (χ0v) is 15.3. The number of carbonyl (C=O) groups excluding carboxylic acids is 1. The molecule has 134 valence electrons. The number of hydrogen-bond acceptors (Lipinski definition) is 5. The molecule has 0 spiro atoms. The molecule has 1 aliphatic heterocycles.